The van der Waals surface area contributed by atoms with Gasteiger partial charge in [-0.15, -0.1) is 0 Å². The summed E-state index contributed by atoms with van der Waals surface area (Å²) >= 11 is 0. The quantitative estimate of drug-likeness (QED) is 0.865. The monoisotopic (exact) mass is 367 g/mol. The predicted octanol–water partition coefficient (Wildman–Crippen LogP) is 3.42. The van der Waals surface area contributed by atoms with Crippen LogP contribution in [-0.4, -0.2) is 9.97 Å². The van der Waals surface area contributed by atoms with Crippen LogP contribution in [0.1, 0.15) is 48.0 Å². The third-order valence-corrected chi connectivity index (χ3v) is 4.60. The Balaban J connectivity index is 2.02. The largest absolute Gasteiger partial charge is 0.401 e. The van der Waals surface area contributed by atoms with Crippen LogP contribution in [0.25, 0.3) is 5.70 Å². The van der Waals surface area contributed by atoms with Crippen molar-refractivity contribution in [3.8, 4) is 6.07 Å². The Kier molecular flexibility index (Phi) is 5.17. The molecule has 138 valence electrons. The minimum atomic E-state index is -0.722. The van der Waals surface area contributed by atoms with Gasteiger partial charge in [-0.1, -0.05) is 6.07 Å². The number of nitriles is 1. The smallest absolute Gasteiger partial charge is 0.232 e. The zero-order valence-electron chi connectivity index (χ0n) is 14.8. The standard InChI is InChI=1S/C20H19F2N5/c1-11-8-17(27-18(10-23)26-11)13-5-2-4-12(20(13)25)9-16(24)19-14(21)6-3-7-15(19)22/h3,6-9,13H,2,4-5,24-25H2,1H3/b16-9-. The van der Waals surface area contributed by atoms with Crippen LogP contribution < -0.4 is 11.5 Å². The SMILES string of the molecule is Cc1cc(C2CCCC(/C=C(\N)c3c(F)cccc3F)=C2N)nc(C#N)n1. The zero-order chi connectivity index (χ0) is 19.6. The van der Waals surface area contributed by atoms with Crippen LogP contribution in [0, 0.1) is 29.9 Å². The minimum Gasteiger partial charge on any atom is -0.401 e. The molecule has 5 nitrogen and oxygen atoms in total. The van der Waals surface area contributed by atoms with E-state index in [0.29, 0.717) is 23.5 Å². The molecule has 0 radical (unpaired) electrons. The molecule has 0 amide bonds. The number of hydrogen-bond acceptors (Lipinski definition) is 5. The van der Waals surface area contributed by atoms with E-state index >= 15 is 0 Å². The van der Waals surface area contributed by atoms with Gasteiger partial charge in [-0.05, 0) is 56.0 Å². The van der Waals surface area contributed by atoms with Crippen LogP contribution in [0.15, 0.2) is 41.6 Å². The van der Waals surface area contributed by atoms with Gasteiger partial charge >= 0.3 is 0 Å². The van der Waals surface area contributed by atoms with E-state index < -0.39 is 11.6 Å². The third kappa shape index (κ3) is 3.80. The Labute approximate surface area is 156 Å². The molecular formula is C20H19F2N5. The fraction of sp³-hybridized carbons (Fsp3) is 0.250. The second-order valence-electron chi connectivity index (χ2n) is 6.49. The first-order valence-corrected chi connectivity index (χ1v) is 8.56. The van der Waals surface area contributed by atoms with E-state index in [4.69, 9.17) is 16.7 Å². The van der Waals surface area contributed by atoms with Crippen LogP contribution in [0.2, 0.25) is 0 Å². The molecule has 7 heteroatoms. The molecule has 0 saturated heterocycles. The highest BCUT2D eigenvalue weighted by atomic mass is 19.1. The number of aryl methyl sites for hydroxylation is 1. The Hall–Kier alpha value is -3.27. The van der Waals surface area contributed by atoms with Gasteiger partial charge in [0.2, 0.25) is 5.82 Å². The Morgan fingerprint density at radius 3 is 2.67 bits per heavy atom. The number of hydrogen-bond donors (Lipinski definition) is 2. The number of allylic oxidation sites excluding steroid dienone is 3. The first kappa shape index (κ1) is 18.5. The normalized spacial score (nSPS) is 17.7. The number of halogens is 2. The molecule has 1 aliphatic carbocycles. The molecule has 1 heterocycles. The molecule has 3 rings (SSSR count). The molecule has 0 bridgehead atoms. The summed E-state index contributed by atoms with van der Waals surface area (Å²) in [4.78, 5) is 8.32. The molecule has 1 unspecified atom stereocenters. The van der Waals surface area contributed by atoms with Gasteiger partial charge in [-0.25, -0.2) is 18.7 Å². The van der Waals surface area contributed by atoms with E-state index in [1.54, 1.807) is 13.0 Å². The van der Waals surface area contributed by atoms with Gasteiger partial charge in [-0.2, -0.15) is 5.26 Å². The second-order valence-corrected chi connectivity index (χ2v) is 6.49. The molecule has 1 aliphatic rings. The Morgan fingerprint density at radius 1 is 1.30 bits per heavy atom. The molecule has 0 saturated carbocycles. The summed E-state index contributed by atoms with van der Waals surface area (Å²) in [5, 5.41) is 9.08. The molecule has 0 aliphatic heterocycles. The van der Waals surface area contributed by atoms with Gasteiger partial charge in [-0.3, -0.25) is 0 Å². The Bertz CT molecular complexity index is 968. The van der Waals surface area contributed by atoms with Crippen molar-refractivity contribution in [1.82, 2.24) is 9.97 Å². The maximum absolute atomic E-state index is 14.0. The number of nitrogens with two attached hydrogens (primary N) is 2. The maximum Gasteiger partial charge on any atom is 0.232 e. The highest BCUT2D eigenvalue weighted by Gasteiger charge is 2.24. The van der Waals surface area contributed by atoms with Crippen molar-refractivity contribution in [3.63, 3.8) is 0 Å². The summed E-state index contributed by atoms with van der Waals surface area (Å²) in [6.45, 7) is 1.79. The van der Waals surface area contributed by atoms with Crippen LogP contribution in [0.5, 0.6) is 0 Å². The molecule has 0 fully saturated rings. The molecule has 4 N–H and O–H groups in total. The van der Waals surface area contributed by atoms with Crippen molar-refractivity contribution in [2.75, 3.05) is 0 Å². The summed E-state index contributed by atoms with van der Waals surface area (Å²) in [5.41, 5.74) is 14.7. The summed E-state index contributed by atoms with van der Waals surface area (Å²) in [6, 6.07) is 7.35. The minimum absolute atomic E-state index is 0.0132. The van der Waals surface area contributed by atoms with Crippen molar-refractivity contribution >= 4 is 5.70 Å². The van der Waals surface area contributed by atoms with Gasteiger partial charge in [0.25, 0.3) is 0 Å². The fourth-order valence-corrected chi connectivity index (χ4v) is 3.34. The van der Waals surface area contributed by atoms with Gasteiger partial charge in [0.15, 0.2) is 0 Å². The van der Waals surface area contributed by atoms with Crippen LogP contribution >= 0.6 is 0 Å². The van der Waals surface area contributed by atoms with Gasteiger partial charge < -0.3 is 11.5 Å². The number of nitrogens with zero attached hydrogens (tertiary/aromatic N) is 3. The van der Waals surface area contributed by atoms with E-state index in [1.807, 2.05) is 6.07 Å². The van der Waals surface area contributed by atoms with Crippen molar-refractivity contribution < 1.29 is 8.78 Å². The van der Waals surface area contributed by atoms with E-state index in [-0.39, 0.29) is 23.0 Å². The third-order valence-electron chi connectivity index (χ3n) is 4.60. The van der Waals surface area contributed by atoms with Crippen LogP contribution in [-0.2, 0) is 0 Å². The van der Waals surface area contributed by atoms with E-state index in [2.05, 4.69) is 9.97 Å². The predicted molar refractivity (Wildman–Crippen MR) is 97.8 cm³/mol. The molecule has 0 spiro atoms. The van der Waals surface area contributed by atoms with E-state index in [9.17, 15) is 8.78 Å². The summed E-state index contributed by atoms with van der Waals surface area (Å²) in [6.07, 6.45) is 3.75. The zero-order valence-corrected chi connectivity index (χ0v) is 14.8. The van der Waals surface area contributed by atoms with E-state index in [1.165, 1.54) is 12.1 Å². The summed E-state index contributed by atoms with van der Waals surface area (Å²) in [5.74, 6) is -1.55. The van der Waals surface area contributed by atoms with Crippen molar-refractivity contribution in [1.29, 1.82) is 5.26 Å². The molecule has 27 heavy (non-hydrogen) atoms. The molecule has 2 aromatic rings. The first-order valence-electron chi connectivity index (χ1n) is 8.56. The van der Waals surface area contributed by atoms with E-state index in [0.717, 1.165) is 30.5 Å². The van der Waals surface area contributed by atoms with Gasteiger partial charge in [0.1, 0.15) is 17.7 Å². The number of aromatic nitrogens is 2. The van der Waals surface area contributed by atoms with Crippen LogP contribution in [0.3, 0.4) is 0 Å². The van der Waals surface area contributed by atoms with Gasteiger partial charge in [0.05, 0.1) is 11.3 Å². The summed E-state index contributed by atoms with van der Waals surface area (Å²) < 4.78 is 27.9. The van der Waals surface area contributed by atoms with Crippen molar-refractivity contribution in [2.24, 2.45) is 11.5 Å². The summed E-state index contributed by atoms with van der Waals surface area (Å²) in [7, 11) is 0. The Morgan fingerprint density at radius 2 is 2.00 bits per heavy atom. The number of benzene rings is 1. The fourth-order valence-electron chi connectivity index (χ4n) is 3.34. The molecule has 1 atom stereocenters. The highest BCUT2D eigenvalue weighted by Crippen LogP contribution is 2.35. The maximum atomic E-state index is 14.0. The van der Waals surface area contributed by atoms with Crippen molar-refractivity contribution in [3.05, 3.63) is 76.0 Å². The average Bonchev–Trinajstić information content (AvgIpc) is 2.62. The lowest BCUT2D eigenvalue weighted by atomic mass is 9.84. The van der Waals surface area contributed by atoms with Crippen molar-refractivity contribution in [2.45, 2.75) is 32.1 Å². The second kappa shape index (κ2) is 7.54. The van der Waals surface area contributed by atoms with Gasteiger partial charge in [0, 0.05) is 23.0 Å². The first-order chi connectivity index (χ1) is 12.9. The number of rotatable bonds is 3. The molecule has 1 aromatic heterocycles. The topological polar surface area (TPSA) is 102 Å². The molecule has 1 aromatic carbocycles. The highest BCUT2D eigenvalue weighted by molar-refractivity contribution is 5.67. The average molecular weight is 367 g/mol. The van der Waals surface area contributed by atoms with Crippen LogP contribution in [0.4, 0.5) is 8.78 Å². The lowest BCUT2D eigenvalue weighted by Crippen LogP contribution is -2.19. The lowest BCUT2D eigenvalue weighted by molar-refractivity contribution is 0.575. The molecular weight excluding hydrogens is 348 g/mol. The lowest BCUT2D eigenvalue weighted by Gasteiger charge is -2.25.